The van der Waals surface area contributed by atoms with E-state index < -0.39 is 10.0 Å². The fourth-order valence-corrected chi connectivity index (χ4v) is 4.40. The summed E-state index contributed by atoms with van der Waals surface area (Å²) in [6.45, 7) is 4.37. The van der Waals surface area contributed by atoms with E-state index in [2.05, 4.69) is 10.0 Å². The van der Waals surface area contributed by atoms with E-state index in [1.807, 2.05) is 13.0 Å². The van der Waals surface area contributed by atoms with Gasteiger partial charge in [-0.25, -0.2) is 13.1 Å². The number of amides is 2. The Morgan fingerprint density at radius 1 is 1.17 bits per heavy atom. The van der Waals surface area contributed by atoms with Crippen molar-refractivity contribution >= 4 is 33.2 Å². The van der Waals surface area contributed by atoms with Crippen molar-refractivity contribution in [2.75, 3.05) is 16.8 Å². The summed E-state index contributed by atoms with van der Waals surface area (Å²) in [6, 6.07) is 12.8. The summed E-state index contributed by atoms with van der Waals surface area (Å²) in [6.07, 6.45) is 2.05. The zero-order valence-corrected chi connectivity index (χ0v) is 17.3. The van der Waals surface area contributed by atoms with Crippen LogP contribution in [0.3, 0.4) is 0 Å². The second-order valence-electron chi connectivity index (χ2n) is 7.11. The SMILES string of the molecule is CC[C@@H](C)NS(=O)(=O)c1ccc(C(=O)Nc2cccc(N3CCCC3=O)c2)cc1. The average Bonchev–Trinajstić information content (AvgIpc) is 3.14. The van der Waals surface area contributed by atoms with Gasteiger partial charge in [0.25, 0.3) is 5.91 Å². The Hall–Kier alpha value is -2.71. The van der Waals surface area contributed by atoms with Crippen LogP contribution < -0.4 is 14.9 Å². The number of hydrogen-bond donors (Lipinski definition) is 2. The Balaban J connectivity index is 1.71. The predicted octanol–water partition coefficient (Wildman–Crippen LogP) is 3.14. The molecular formula is C21H25N3O4S. The fourth-order valence-electron chi connectivity index (χ4n) is 3.08. The van der Waals surface area contributed by atoms with Crippen LogP contribution in [0.15, 0.2) is 53.4 Å². The number of carbonyl (C=O) groups is 2. The lowest BCUT2D eigenvalue weighted by Gasteiger charge is -2.17. The van der Waals surface area contributed by atoms with Crippen molar-refractivity contribution in [3.63, 3.8) is 0 Å². The van der Waals surface area contributed by atoms with Crippen LogP contribution in [-0.2, 0) is 14.8 Å². The first-order valence-corrected chi connectivity index (χ1v) is 11.1. The van der Waals surface area contributed by atoms with Crippen molar-refractivity contribution in [3.05, 3.63) is 54.1 Å². The molecule has 2 amide bonds. The monoisotopic (exact) mass is 415 g/mol. The van der Waals surface area contributed by atoms with Crippen LogP contribution in [0.2, 0.25) is 0 Å². The summed E-state index contributed by atoms with van der Waals surface area (Å²) in [7, 11) is -3.61. The topological polar surface area (TPSA) is 95.6 Å². The standard InChI is InChI=1S/C21H25N3O4S/c1-3-15(2)23-29(27,28)19-11-9-16(10-12-19)21(26)22-17-6-4-7-18(14-17)24-13-5-8-20(24)25/h4,6-7,9-12,14-15,23H,3,5,8,13H2,1-2H3,(H,22,26)/t15-/m1/s1. The van der Waals surface area contributed by atoms with Crippen LogP contribution in [0.4, 0.5) is 11.4 Å². The van der Waals surface area contributed by atoms with Crippen LogP contribution in [0, 0.1) is 0 Å². The minimum atomic E-state index is -3.61. The molecule has 0 unspecified atom stereocenters. The van der Waals surface area contributed by atoms with Gasteiger partial charge in [0.15, 0.2) is 0 Å². The lowest BCUT2D eigenvalue weighted by atomic mass is 10.2. The van der Waals surface area contributed by atoms with Crippen molar-refractivity contribution in [1.29, 1.82) is 0 Å². The number of nitrogens with one attached hydrogen (secondary N) is 2. The Bertz CT molecular complexity index is 1000. The third-order valence-corrected chi connectivity index (χ3v) is 6.49. The molecule has 0 saturated carbocycles. The number of benzene rings is 2. The number of rotatable bonds is 7. The molecule has 3 rings (SSSR count). The molecule has 1 heterocycles. The second kappa shape index (κ2) is 8.75. The van der Waals surface area contributed by atoms with Gasteiger partial charge in [-0.1, -0.05) is 13.0 Å². The molecule has 1 atom stereocenters. The van der Waals surface area contributed by atoms with E-state index >= 15 is 0 Å². The predicted molar refractivity (Wildman–Crippen MR) is 112 cm³/mol. The Kier molecular flexibility index (Phi) is 6.34. The molecule has 1 fully saturated rings. The number of carbonyl (C=O) groups excluding carboxylic acids is 2. The van der Waals surface area contributed by atoms with Gasteiger partial charge in [-0.15, -0.1) is 0 Å². The highest BCUT2D eigenvalue weighted by molar-refractivity contribution is 7.89. The molecule has 1 saturated heterocycles. The highest BCUT2D eigenvalue weighted by atomic mass is 32.2. The zero-order valence-electron chi connectivity index (χ0n) is 16.5. The highest BCUT2D eigenvalue weighted by Crippen LogP contribution is 2.24. The maximum Gasteiger partial charge on any atom is 0.255 e. The molecule has 0 aromatic heterocycles. The van der Waals surface area contributed by atoms with E-state index in [9.17, 15) is 18.0 Å². The molecule has 0 aliphatic carbocycles. The van der Waals surface area contributed by atoms with Gasteiger partial charge in [0.1, 0.15) is 0 Å². The molecule has 1 aliphatic heterocycles. The summed E-state index contributed by atoms with van der Waals surface area (Å²) in [5, 5.41) is 2.79. The van der Waals surface area contributed by atoms with Crippen molar-refractivity contribution in [2.45, 2.75) is 44.0 Å². The molecule has 0 bridgehead atoms. The lowest BCUT2D eigenvalue weighted by molar-refractivity contribution is -0.117. The van der Waals surface area contributed by atoms with E-state index in [-0.39, 0.29) is 22.8 Å². The Morgan fingerprint density at radius 2 is 1.90 bits per heavy atom. The first-order valence-electron chi connectivity index (χ1n) is 9.64. The maximum absolute atomic E-state index is 12.5. The van der Waals surface area contributed by atoms with Gasteiger partial charge in [-0.3, -0.25) is 9.59 Å². The van der Waals surface area contributed by atoms with Crippen LogP contribution in [-0.4, -0.2) is 32.8 Å². The first-order chi connectivity index (χ1) is 13.8. The normalized spacial score (nSPS) is 15.4. The zero-order chi connectivity index (χ0) is 21.0. The van der Waals surface area contributed by atoms with Gasteiger partial charge < -0.3 is 10.2 Å². The second-order valence-corrected chi connectivity index (χ2v) is 8.82. The molecular weight excluding hydrogens is 390 g/mol. The third kappa shape index (κ3) is 5.02. The first kappa shape index (κ1) is 21.0. The quantitative estimate of drug-likeness (QED) is 0.726. The van der Waals surface area contributed by atoms with E-state index in [0.717, 1.165) is 12.1 Å². The molecule has 8 heteroatoms. The summed E-state index contributed by atoms with van der Waals surface area (Å²) >= 11 is 0. The summed E-state index contributed by atoms with van der Waals surface area (Å²) < 4.78 is 27.2. The minimum Gasteiger partial charge on any atom is -0.322 e. The number of sulfonamides is 1. The van der Waals surface area contributed by atoms with Crippen LogP contribution in [0.5, 0.6) is 0 Å². The average molecular weight is 416 g/mol. The number of anilines is 2. The Labute approximate surface area is 171 Å². The summed E-state index contributed by atoms with van der Waals surface area (Å²) in [5.41, 5.74) is 1.67. The van der Waals surface area contributed by atoms with Gasteiger partial charge in [0.05, 0.1) is 4.90 Å². The number of hydrogen-bond acceptors (Lipinski definition) is 4. The van der Waals surface area contributed by atoms with Crippen LogP contribution >= 0.6 is 0 Å². The Morgan fingerprint density at radius 3 is 2.52 bits per heavy atom. The van der Waals surface area contributed by atoms with Crippen LogP contribution in [0.1, 0.15) is 43.5 Å². The number of nitrogens with zero attached hydrogens (tertiary/aromatic N) is 1. The van der Waals surface area contributed by atoms with Crippen molar-refractivity contribution in [3.8, 4) is 0 Å². The van der Waals surface area contributed by atoms with Gasteiger partial charge >= 0.3 is 0 Å². The molecule has 2 aromatic rings. The third-order valence-electron chi connectivity index (χ3n) is 4.88. The van der Waals surface area contributed by atoms with Crippen molar-refractivity contribution in [1.82, 2.24) is 4.72 Å². The lowest BCUT2D eigenvalue weighted by Crippen LogP contribution is -2.32. The van der Waals surface area contributed by atoms with E-state index in [1.165, 1.54) is 24.3 Å². The maximum atomic E-state index is 12.5. The smallest absolute Gasteiger partial charge is 0.255 e. The highest BCUT2D eigenvalue weighted by Gasteiger charge is 2.22. The molecule has 7 nitrogen and oxygen atoms in total. The van der Waals surface area contributed by atoms with Gasteiger partial charge in [-0.05, 0) is 62.2 Å². The molecule has 1 aliphatic rings. The molecule has 2 aromatic carbocycles. The summed E-state index contributed by atoms with van der Waals surface area (Å²) in [5.74, 6) is -0.273. The van der Waals surface area contributed by atoms with Gasteiger partial charge in [0.2, 0.25) is 15.9 Å². The van der Waals surface area contributed by atoms with Crippen molar-refractivity contribution < 1.29 is 18.0 Å². The molecule has 154 valence electrons. The minimum absolute atomic E-state index is 0.0799. The van der Waals surface area contributed by atoms with E-state index in [0.29, 0.717) is 30.6 Å². The molecule has 0 radical (unpaired) electrons. The largest absolute Gasteiger partial charge is 0.322 e. The molecule has 0 spiro atoms. The fraction of sp³-hybridized carbons (Fsp3) is 0.333. The summed E-state index contributed by atoms with van der Waals surface area (Å²) in [4.78, 5) is 26.3. The molecule has 29 heavy (non-hydrogen) atoms. The van der Waals surface area contributed by atoms with Crippen LogP contribution in [0.25, 0.3) is 0 Å². The molecule has 2 N–H and O–H groups in total. The van der Waals surface area contributed by atoms with E-state index in [4.69, 9.17) is 0 Å². The van der Waals surface area contributed by atoms with E-state index in [1.54, 1.807) is 30.0 Å². The van der Waals surface area contributed by atoms with Gasteiger partial charge in [0, 0.05) is 35.9 Å². The van der Waals surface area contributed by atoms with Crippen molar-refractivity contribution in [2.24, 2.45) is 0 Å². The van der Waals surface area contributed by atoms with Gasteiger partial charge in [-0.2, -0.15) is 0 Å².